The summed E-state index contributed by atoms with van der Waals surface area (Å²) in [5.74, 6) is 3.47. The van der Waals surface area contributed by atoms with Gasteiger partial charge in [0.15, 0.2) is 0 Å². The van der Waals surface area contributed by atoms with Gasteiger partial charge in [0.2, 0.25) is 0 Å². The maximum absolute atomic E-state index is 5.66. The maximum Gasteiger partial charge on any atom is -0.0322 e. The molecule has 24 heavy (non-hydrogen) atoms. The fourth-order valence-corrected chi connectivity index (χ4v) is 3.40. The molecular weight excluding hydrogens is 288 g/mol. The first-order valence-corrected chi connectivity index (χ1v) is 10.6. The van der Waals surface area contributed by atoms with E-state index in [4.69, 9.17) is 6.58 Å². The molecule has 0 aliphatic heterocycles. The van der Waals surface area contributed by atoms with E-state index in [1.54, 1.807) is 0 Å². The molecule has 0 nitrogen and oxygen atoms in total. The van der Waals surface area contributed by atoms with Gasteiger partial charge in [-0.3, -0.25) is 0 Å². The van der Waals surface area contributed by atoms with Crippen molar-refractivity contribution in [1.82, 2.24) is 0 Å². The molecule has 0 rings (SSSR count). The zero-order valence-electron chi connectivity index (χ0n) is 17.6. The summed E-state index contributed by atoms with van der Waals surface area (Å²) in [6.07, 6.45) is 18.1. The maximum atomic E-state index is 5.66. The minimum absolute atomic E-state index is 0.786. The second-order valence-electron chi connectivity index (χ2n) is 8.88. The first kappa shape index (κ1) is 23.5. The van der Waals surface area contributed by atoms with Crippen LogP contribution in [0, 0.1) is 30.3 Å². The Hall–Kier alpha value is -0.520. The van der Waals surface area contributed by atoms with Crippen molar-refractivity contribution in [2.45, 2.75) is 106 Å². The molecule has 0 aliphatic rings. The summed E-state index contributed by atoms with van der Waals surface area (Å²) in [6, 6.07) is 0. The van der Waals surface area contributed by atoms with E-state index in [0.29, 0.717) is 0 Å². The van der Waals surface area contributed by atoms with Crippen LogP contribution < -0.4 is 0 Å². The summed E-state index contributed by atoms with van der Waals surface area (Å²) in [4.78, 5) is 0. The lowest BCUT2D eigenvalue weighted by molar-refractivity contribution is 0.378. The normalized spacial score (nSPS) is 15.8. The summed E-state index contributed by atoms with van der Waals surface area (Å²) in [5, 5.41) is 0. The Bertz CT molecular complexity index is 323. The van der Waals surface area contributed by atoms with Crippen molar-refractivity contribution in [2.24, 2.45) is 23.7 Å². The molecule has 0 aromatic heterocycles. The van der Waals surface area contributed by atoms with Crippen LogP contribution in [0.15, 0.2) is 17.7 Å². The van der Waals surface area contributed by atoms with Crippen molar-refractivity contribution in [3.8, 4) is 0 Å². The van der Waals surface area contributed by atoms with Crippen molar-refractivity contribution in [3.05, 3.63) is 24.3 Å². The van der Waals surface area contributed by atoms with Crippen LogP contribution >= 0.6 is 0 Å². The fraction of sp³-hybridized carbons (Fsp3) is 0.833. The van der Waals surface area contributed by atoms with E-state index in [-0.39, 0.29) is 0 Å². The third-order valence-electron chi connectivity index (χ3n) is 5.19. The van der Waals surface area contributed by atoms with Crippen molar-refractivity contribution < 1.29 is 0 Å². The monoisotopic (exact) mass is 333 g/mol. The molecule has 141 valence electrons. The molecule has 3 unspecified atom stereocenters. The second-order valence-corrected chi connectivity index (χ2v) is 8.88. The Kier molecular flexibility index (Phi) is 14.5. The molecule has 0 aliphatic carbocycles. The van der Waals surface area contributed by atoms with Gasteiger partial charge in [-0.15, -0.1) is 0 Å². The number of allylic oxidation sites excluding steroid dienone is 3. The molecule has 0 saturated carbocycles. The third kappa shape index (κ3) is 16.3. The van der Waals surface area contributed by atoms with Crippen LogP contribution in [-0.4, -0.2) is 0 Å². The predicted molar refractivity (Wildman–Crippen MR) is 111 cm³/mol. The van der Waals surface area contributed by atoms with E-state index in [1.165, 1.54) is 57.8 Å². The molecule has 3 atom stereocenters. The highest BCUT2D eigenvalue weighted by Crippen LogP contribution is 2.22. The van der Waals surface area contributed by atoms with Crippen LogP contribution in [0.1, 0.15) is 106 Å². The molecule has 0 spiro atoms. The van der Waals surface area contributed by atoms with E-state index in [1.807, 2.05) is 13.0 Å². The van der Waals surface area contributed by atoms with Crippen molar-refractivity contribution in [1.29, 1.82) is 0 Å². The van der Waals surface area contributed by atoms with Gasteiger partial charge >= 0.3 is 0 Å². The van der Waals surface area contributed by atoms with Crippen LogP contribution in [0.5, 0.6) is 0 Å². The Balaban J connectivity index is 3.58. The van der Waals surface area contributed by atoms with Crippen LogP contribution in [0.3, 0.4) is 0 Å². The summed E-state index contributed by atoms with van der Waals surface area (Å²) in [7, 11) is 0. The minimum atomic E-state index is 0.786. The lowest BCUT2D eigenvalue weighted by atomic mass is 9.90. The van der Waals surface area contributed by atoms with Crippen molar-refractivity contribution in [2.75, 3.05) is 0 Å². The van der Waals surface area contributed by atoms with Gasteiger partial charge in [0, 0.05) is 0 Å². The van der Waals surface area contributed by atoms with Gasteiger partial charge < -0.3 is 0 Å². The lowest BCUT2D eigenvalue weighted by Gasteiger charge is -2.16. The van der Waals surface area contributed by atoms with E-state index < -0.39 is 0 Å². The molecule has 0 bridgehead atoms. The second kappa shape index (κ2) is 14.8. The summed E-state index contributed by atoms with van der Waals surface area (Å²) in [6.45, 7) is 19.5. The summed E-state index contributed by atoms with van der Waals surface area (Å²) in [5.41, 5.74) is 0.911. The summed E-state index contributed by atoms with van der Waals surface area (Å²) < 4.78 is 0. The lowest BCUT2D eigenvalue weighted by Crippen LogP contribution is -2.01. The zero-order chi connectivity index (χ0) is 18.4. The average Bonchev–Trinajstić information content (AvgIpc) is 2.46. The number of hydrogen-bond donors (Lipinski definition) is 0. The van der Waals surface area contributed by atoms with Crippen molar-refractivity contribution in [3.63, 3.8) is 0 Å². The Labute approximate surface area is 154 Å². The average molecular weight is 334 g/mol. The van der Waals surface area contributed by atoms with Crippen LogP contribution in [-0.2, 0) is 0 Å². The van der Waals surface area contributed by atoms with Crippen LogP contribution in [0.25, 0.3) is 0 Å². The first-order chi connectivity index (χ1) is 11.3. The quantitative estimate of drug-likeness (QED) is 0.264. The van der Waals surface area contributed by atoms with Gasteiger partial charge in [0.1, 0.15) is 0 Å². The highest BCUT2D eigenvalue weighted by Gasteiger charge is 2.07. The molecule has 0 aromatic carbocycles. The van der Waals surface area contributed by atoms with Gasteiger partial charge in [-0.1, -0.05) is 117 Å². The standard InChI is InChI=1S/C24H45/c1-20(2)12-8-14-22(5)16-10-18-24(7)19-11-17-23(6)15-9-13-21(3)4/h1,8,12,21-24H,9-11,13-19H2,2-7H3/b12-8+,20-1?. The topological polar surface area (TPSA) is 0 Å². The Morgan fingerprint density at radius 1 is 0.708 bits per heavy atom. The molecule has 0 N–H and O–H groups in total. The van der Waals surface area contributed by atoms with Crippen LogP contribution in [0.2, 0.25) is 0 Å². The van der Waals surface area contributed by atoms with E-state index in [9.17, 15) is 0 Å². The number of rotatable bonds is 15. The van der Waals surface area contributed by atoms with E-state index in [0.717, 1.165) is 35.7 Å². The zero-order valence-corrected chi connectivity index (χ0v) is 17.6. The van der Waals surface area contributed by atoms with Gasteiger partial charge in [0.25, 0.3) is 0 Å². The number of hydrogen-bond acceptors (Lipinski definition) is 0. The van der Waals surface area contributed by atoms with E-state index in [2.05, 4.69) is 40.7 Å². The molecule has 0 aromatic rings. The molecule has 0 fully saturated rings. The van der Waals surface area contributed by atoms with Gasteiger partial charge in [-0.25, -0.2) is 0 Å². The summed E-state index contributed by atoms with van der Waals surface area (Å²) >= 11 is 0. The molecule has 1 radical (unpaired) electrons. The van der Waals surface area contributed by atoms with Gasteiger partial charge in [-0.2, -0.15) is 0 Å². The Morgan fingerprint density at radius 3 is 1.54 bits per heavy atom. The van der Waals surface area contributed by atoms with Gasteiger partial charge in [-0.05, 0) is 37.0 Å². The third-order valence-corrected chi connectivity index (χ3v) is 5.19. The SMILES string of the molecule is [CH]=C(C)/C=C/CC(C)CCCC(C)CCCC(C)CCCC(C)C. The van der Waals surface area contributed by atoms with E-state index >= 15 is 0 Å². The van der Waals surface area contributed by atoms with Crippen LogP contribution in [0.4, 0.5) is 0 Å². The first-order valence-electron chi connectivity index (χ1n) is 10.6. The highest BCUT2D eigenvalue weighted by atomic mass is 14.1. The highest BCUT2D eigenvalue weighted by molar-refractivity contribution is 5.08. The molecule has 0 heterocycles. The largest absolute Gasteiger partial charge is 0.0840 e. The smallest absolute Gasteiger partial charge is 0.0322 e. The Morgan fingerprint density at radius 2 is 1.12 bits per heavy atom. The van der Waals surface area contributed by atoms with Gasteiger partial charge in [0.05, 0.1) is 0 Å². The molecular formula is C24H45. The van der Waals surface area contributed by atoms with Crippen molar-refractivity contribution >= 4 is 0 Å². The molecule has 0 heteroatoms. The molecule has 0 amide bonds. The predicted octanol–water partition coefficient (Wildman–Crippen LogP) is 8.39. The molecule has 0 saturated heterocycles. The minimum Gasteiger partial charge on any atom is -0.0840 e. The fourth-order valence-electron chi connectivity index (χ4n) is 3.40.